The molecule has 0 N–H and O–H groups in total. The van der Waals surface area contributed by atoms with Gasteiger partial charge < -0.3 is 14.2 Å². The zero-order valence-corrected chi connectivity index (χ0v) is 31.6. The van der Waals surface area contributed by atoms with E-state index in [-0.39, 0.29) is 31.1 Å². The Labute approximate surface area is 291 Å². The van der Waals surface area contributed by atoms with E-state index in [4.69, 9.17) is 14.2 Å². The van der Waals surface area contributed by atoms with Crippen molar-refractivity contribution in [3.63, 3.8) is 0 Å². The Kier molecular flexibility index (Phi) is 36.0. The Morgan fingerprint density at radius 1 is 0.340 bits per heavy atom. The lowest BCUT2D eigenvalue weighted by Gasteiger charge is -2.18. The second-order valence-corrected chi connectivity index (χ2v) is 13.9. The maximum absolute atomic E-state index is 12.6. The van der Waals surface area contributed by atoms with Crippen LogP contribution in [0.1, 0.15) is 226 Å². The van der Waals surface area contributed by atoms with Crippen LogP contribution in [0.3, 0.4) is 0 Å². The minimum Gasteiger partial charge on any atom is -0.462 e. The van der Waals surface area contributed by atoms with Gasteiger partial charge in [0, 0.05) is 19.3 Å². The molecule has 0 aliphatic rings. The fourth-order valence-electron chi connectivity index (χ4n) is 5.97. The molecular formula is C41H78O6. The lowest BCUT2D eigenvalue weighted by molar-refractivity contribution is -0.167. The highest BCUT2D eigenvalue weighted by Crippen LogP contribution is 2.15. The molecule has 0 unspecified atom stereocenters. The SMILES string of the molecule is CCCCCCCCCCCCCCCCCC(=O)O[C@H](COC(=O)CCCCCCC)COC(=O)CCCCCCCCCCC. The fourth-order valence-corrected chi connectivity index (χ4v) is 5.97. The van der Waals surface area contributed by atoms with Crippen LogP contribution in [0.25, 0.3) is 0 Å². The first-order chi connectivity index (χ1) is 23.0. The molecule has 0 radical (unpaired) electrons. The molecule has 0 spiro atoms. The summed E-state index contributed by atoms with van der Waals surface area (Å²) in [6.45, 7) is 6.54. The maximum Gasteiger partial charge on any atom is 0.306 e. The van der Waals surface area contributed by atoms with Crippen LogP contribution in [0.2, 0.25) is 0 Å². The van der Waals surface area contributed by atoms with E-state index in [1.165, 1.54) is 122 Å². The number of unbranched alkanes of at least 4 members (excludes halogenated alkanes) is 26. The van der Waals surface area contributed by atoms with Crippen LogP contribution < -0.4 is 0 Å². The summed E-state index contributed by atoms with van der Waals surface area (Å²) in [5.41, 5.74) is 0. The van der Waals surface area contributed by atoms with Gasteiger partial charge in [0.1, 0.15) is 13.2 Å². The second-order valence-electron chi connectivity index (χ2n) is 13.9. The normalized spacial score (nSPS) is 11.8. The molecule has 6 nitrogen and oxygen atoms in total. The Hall–Kier alpha value is -1.59. The van der Waals surface area contributed by atoms with Crippen LogP contribution in [0.4, 0.5) is 0 Å². The van der Waals surface area contributed by atoms with Crippen LogP contribution in [0.15, 0.2) is 0 Å². The monoisotopic (exact) mass is 667 g/mol. The molecule has 0 fully saturated rings. The standard InChI is InChI=1S/C41H78O6/c1-4-7-10-13-15-17-18-19-20-21-22-24-26-29-32-35-41(44)47-38(36-45-39(42)33-30-27-12-9-6-3)37-46-40(43)34-31-28-25-23-16-14-11-8-5-2/h38H,4-37H2,1-3H3/t38-/m1/s1. The van der Waals surface area contributed by atoms with Gasteiger partial charge in [-0.1, -0.05) is 188 Å². The van der Waals surface area contributed by atoms with E-state index >= 15 is 0 Å². The summed E-state index contributed by atoms with van der Waals surface area (Å²) in [5, 5.41) is 0. The third-order valence-corrected chi connectivity index (χ3v) is 9.11. The molecule has 0 aliphatic heterocycles. The largest absolute Gasteiger partial charge is 0.462 e. The third-order valence-electron chi connectivity index (χ3n) is 9.11. The first kappa shape index (κ1) is 45.4. The molecule has 0 rings (SSSR count). The smallest absolute Gasteiger partial charge is 0.306 e. The van der Waals surface area contributed by atoms with E-state index in [1.54, 1.807) is 0 Å². The van der Waals surface area contributed by atoms with Gasteiger partial charge in [-0.05, 0) is 19.3 Å². The van der Waals surface area contributed by atoms with Gasteiger partial charge in [0.05, 0.1) is 0 Å². The van der Waals surface area contributed by atoms with Crippen molar-refractivity contribution in [3.8, 4) is 0 Å². The molecule has 0 bridgehead atoms. The number of carbonyl (C=O) groups excluding carboxylic acids is 3. The van der Waals surface area contributed by atoms with E-state index < -0.39 is 6.10 Å². The maximum atomic E-state index is 12.6. The molecule has 278 valence electrons. The lowest BCUT2D eigenvalue weighted by atomic mass is 10.0. The van der Waals surface area contributed by atoms with Gasteiger partial charge in [-0.25, -0.2) is 0 Å². The summed E-state index contributed by atoms with van der Waals surface area (Å²) in [5.74, 6) is -0.875. The number of rotatable bonds is 37. The number of carbonyl (C=O) groups is 3. The van der Waals surface area contributed by atoms with Crippen molar-refractivity contribution in [2.75, 3.05) is 13.2 Å². The number of hydrogen-bond acceptors (Lipinski definition) is 6. The van der Waals surface area contributed by atoms with E-state index in [0.29, 0.717) is 19.3 Å². The van der Waals surface area contributed by atoms with Crippen molar-refractivity contribution in [1.29, 1.82) is 0 Å². The van der Waals surface area contributed by atoms with Gasteiger partial charge in [-0.15, -0.1) is 0 Å². The molecule has 1 atom stereocenters. The molecule has 0 saturated carbocycles. The van der Waals surface area contributed by atoms with Crippen LogP contribution in [-0.4, -0.2) is 37.2 Å². The predicted octanol–water partition coefficient (Wildman–Crippen LogP) is 12.5. The average Bonchev–Trinajstić information content (AvgIpc) is 3.06. The van der Waals surface area contributed by atoms with Crippen LogP contribution in [0, 0.1) is 0 Å². The molecule has 0 heterocycles. The quantitative estimate of drug-likeness (QED) is 0.0373. The van der Waals surface area contributed by atoms with E-state index in [1.807, 2.05) is 0 Å². The molecule has 0 aromatic heterocycles. The molecular weight excluding hydrogens is 588 g/mol. The van der Waals surface area contributed by atoms with Gasteiger partial charge in [-0.2, -0.15) is 0 Å². The van der Waals surface area contributed by atoms with Crippen molar-refractivity contribution in [2.24, 2.45) is 0 Å². The second kappa shape index (κ2) is 37.2. The Bertz CT molecular complexity index is 693. The number of esters is 3. The Morgan fingerprint density at radius 3 is 0.851 bits per heavy atom. The highest BCUT2D eigenvalue weighted by Gasteiger charge is 2.19. The average molecular weight is 667 g/mol. The predicted molar refractivity (Wildman–Crippen MR) is 197 cm³/mol. The van der Waals surface area contributed by atoms with E-state index in [2.05, 4.69) is 20.8 Å². The van der Waals surface area contributed by atoms with Gasteiger partial charge in [0.15, 0.2) is 6.10 Å². The molecule has 0 saturated heterocycles. The lowest BCUT2D eigenvalue weighted by Crippen LogP contribution is -2.30. The summed E-state index contributed by atoms with van der Waals surface area (Å²) in [6.07, 6.45) is 35.4. The molecule has 0 aromatic carbocycles. The third kappa shape index (κ3) is 35.5. The van der Waals surface area contributed by atoms with Crippen molar-refractivity contribution < 1.29 is 28.6 Å². The summed E-state index contributed by atoms with van der Waals surface area (Å²) in [4.78, 5) is 37.2. The fraction of sp³-hybridized carbons (Fsp3) is 0.927. The minimum absolute atomic E-state index is 0.0648. The van der Waals surface area contributed by atoms with Crippen molar-refractivity contribution in [2.45, 2.75) is 232 Å². The molecule has 0 aromatic rings. The van der Waals surface area contributed by atoms with Crippen LogP contribution in [-0.2, 0) is 28.6 Å². The number of ether oxygens (including phenoxy) is 3. The first-order valence-electron chi connectivity index (χ1n) is 20.5. The molecule has 47 heavy (non-hydrogen) atoms. The van der Waals surface area contributed by atoms with Gasteiger partial charge in [0.2, 0.25) is 0 Å². The zero-order chi connectivity index (χ0) is 34.5. The van der Waals surface area contributed by atoms with Gasteiger partial charge in [0.25, 0.3) is 0 Å². The minimum atomic E-state index is -0.755. The highest BCUT2D eigenvalue weighted by molar-refractivity contribution is 5.71. The number of hydrogen-bond donors (Lipinski definition) is 0. The summed E-state index contributed by atoms with van der Waals surface area (Å²) in [6, 6.07) is 0. The Morgan fingerprint density at radius 2 is 0.574 bits per heavy atom. The zero-order valence-electron chi connectivity index (χ0n) is 31.6. The summed E-state index contributed by atoms with van der Waals surface area (Å²) >= 11 is 0. The molecule has 0 aliphatic carbocycles. The molecule has 6 heteroatoms. The highest BCUT2D eigenvalue weighted by atomic mass is 16.6. The van der Waals surface area contributed by atoms with Crippen LogP contribution in [0.5, 0.6) is 0 Å². The van der Waals surface area contributed by atoms with Crippen molar-refractivity contribution >= 4 is 17.9 Å². The van der Waals surface area contributed by atoms with E-state index in [9.17, 15) is 14.4 Å². The summed E-state index contributed by atoms with van der Waals surface area (Å²) < 4.78 is 16.5. The topological polar surface area (TPSA) is 78.9 Å². The first-order valence-corrected chi connectivity index (χ1v) is 20.5. The Balaban J connectivity index is 4.20. The van der Waals surface area contributed by atoms with Crippen LogP contribution >= 0.6 is 0 Å². The van der Waals surface area contributed by atoms with Gasteiger partial charge >= 0.3 is 17.9 Å². The van der Waals surface area contributed by atoms with Gasteiger partial charge in [-0.3, -0.25) is 14.4 Å². The van der Waals surface area contributed by atoms with E-state index in [0.717, 1.165) is 64.2 Å². The molecule has 0 amide bonds. The van der Waals surface area contributed by atoms with Crippen molar-refractivity contribution in [1.82, 2.24) is 0 Å². The summed E-state index contributed by atoms with van der Waals surface area (Å²) in [7, 11) is 0. The van der Waals surface area contributed by atoms with Crippen molar-refractivity contribution in [3.05, 3.63) is 0 Å².